The zero-order valence-electron chi connectivity index (χ0n) is 12.3. The normalized spacial score (nSPS) is 13.9. The first-order chi connectivity index (χ1) is 10.7. The summed E-state index contributed by atoms with van der Waals surface area (Å²) in [5.74, 6) is 0.271. The molecule has 0 radical (unpaired) electrons. The molecule has 0 aromatic heterocycles. The number of benzene rings is 2. The smallest absolute Gasteiger partial charge is 0.229 e. The molecule has 0 heterocycles. The molecule has 1 aliphatic carbocycles. The Labute approximate surface area is 128 Å². The molecule has 0 N–H and O–H groups in total. The van der Waals surface area contributed by atoms with E-state index in [0.717, 1.165) is 0 Å². The lowest BCUT2D eigenvalue weighted by atomic mass is 9.85. The largest absolute Gasteiger partial charge is 0.497 e. The third-order valence-electron chi connectivity index (χ3n) is 3.66. The molecule has 4 nitrogen and oxygen atoms in total. The van der Waals surface area contributed by atoms with Gasteiger partial charge in [0.2, 0.25) is 5.78 Å². The molecule has 1 aliphatic rings. The van der Waals surface area contributed by atoms with E-state index < -0.39 is 0 Å². The topological polar surface area (TPSA) is 52.6 Å². The van der Waals surface area contributed by atoms with Gasteiger partial charge in [-0.25, -0.2) is 0 Å². The van der Waals surface area contributed by atoms with Crippen LogP contribution in [0.5, 0.6) is 5.75 Å². The molecular formula is C18H14O4. The summed E-state index contributed by atoms with van der Waals surface area (Å²) in [6.45, 7) is 0. The lowest BCUT2D eigenvalue weighted by Gasteiger charge is -2.20. The Bertz CT molecular complexity index is 785. The minimum Gasteiger partial charge on any atom is -0.497 e. The Morgan fingerprint density at radius 2 is 1.32 bits per heavy atom. The summed E-state index contributed by atoms with van der Waals surface area (Å²) in [5, 5.41) is 0. The lowest BCUT2D eigenvalue weighted by Crippen LogP contribution is -2.22. The van der Waals surface area contributed by atoms with E-state index in [9.17, 15) is 9.59 Å². The first-order valence-electron chi connectivity index (χ1n) is 6.78. The molecule has 0 bridgehead atoms. The molecule has 22 heavy (non-hydrogen) atoms. The number of rotatable bonds is 3. The number of Topliss-reactive ketones (excluding diaryl/α,β-unsaturated/α-hetero) is 2. The van der Waals surface area contributed by atoms with Crippen molar-refractivity contribution in [1.82, 2.24) is 0 Å². The van der Waals surface area contributed by atoms with E-state index in [1.54, 1.807) is 55.6 Å². The fourth-order valence-corrected chi connectivity index (χ4v) is 2.57. The summed E-state index contributed by atoms with van der Waals surface area (Å²) < 4.78 is 10.3. The van der Waals surface area contributed by atoms with Crippen LogP contribution in [0.25, 0.3) is 5.57 Å². The highest BCUT2D eigenvalue weighted by Crippen LogP contribution is 2.33. The van der Waals surface area contributed by atoms with Crippen molar-refractivity contribution in [2.24, 2.45) is 0 Å². The number of methoxy groups -OCH3 is 2. The van der Waals surface area contributed by atoms with E-state index in [1.807, 2.05) is 0 Å². The maximum absolute atomic E-state index is 12.8. The number of ketones is 2. The monoisotopic (exact) mass is 294 g/mol. The Morgan fingerprint density at radius 1 is 0.727 bits per heavy atom. The molecule has 0 unspecified atom stereocenters. The van der Waals surface area contributed by atoms with Crippen LogP contribution in [0.2, 0.25) is 0 Å². The molecule has 0 amide bonds. The van der Waals surface area contributed by atoms with Gasteiger partial charge in [0.05, 0.1) is 19.8 Å². The van der Waals surface area contributed by atoms with Gasteiger partial charge in [0.1, 0.15) is 5.75 Å². The Morgan fingerprint density at radius 3 is 1.86 bits per heavy atom. The first-order valence-corrected chi connectivity index (χ1v) is 6.78. The number of hydrogen-bond acceptors (Lipinski definition) is 4. The second-order valence-electron chi connectivity index (χ2n) is 4.84. The average molecular weight is 294 g/mol. The molecule has 110 valence electrons. The molecule has 0 spiro atoms. The molecule has 0 fully saturated rings. The van der Waals surface area contributed by atoms with Crippen LogP contribution in [-0.2, 0) is 4.74 Å². The molecule has 0 aliphatic heterocycles. The predicted molar refractivity (Wildman–Crippen MR) is 82.0 cm³/mol. The van der Waals surface area contributed by atoms with Crippen molar-refractivity contribution in [1.29, 1.82) is 0 Å². The van der Waals surface area contributed by atoms with Crippen LogP contribution in [0.3, 0.4) is 0 Å². The Kier molecular flexibility index (Phi) is 3.51. The van der Waals surface area contributed by atoms with Gasteiger partial charge in [0.15, 0.2) is 11.5 Å². The van der Waals surface area contributed by atoms with Crippen LogP contribution >= 0.6 is 0 Å². The van der Waals surface area contributed by atoms with Crippen LogP contribution in [0.15, 0.2) is 54.3 Å². The van der Waals surface area contributed by atoms with Gasteiger partial charge in [-0.2, -0.15) is 0 Å². The molecule has 0 saturated heterocycles. The number of allylic oxidation sites excluding steroid dienone is 2. The van der Waals surface area contributed by atoms with E-state index in [-0.39, 0.29) is 22.9 Å². The molecule has 2 aromatic rings. The number of fused-ring (bicyclic) bond motifs is 1. The van der Waals surface area contributed by atoms with Crippen molar-refractivity contribution >= 4 is 17.1 Å². The fraction of sp³-hybridized carbons (Fsp3) is 0.111. The van der Waals surface area contributed by atoms with Crippen molar-refractivity contribution in [3.05, 3.63) is 71.0 Å². The summed E-state index contributed by atoms with van der Waals surface area (Å²) >= 11 is 0. The first kappa shape index (κ1) is 14.1. The van der Waals surface area contributed by atoms with E-state index in [2.05, 4.69) is 0 Å². The quantitative estimate of drug-likeness (QED) is 0.872. The maximum atomic E-state index is 12.8. The summed E-state index contributed by atoms with van der Waals surface area (Å²) in [5.41, 5.74) is 1.69. The second kappa shape index (κ2) is 5.48. The average Bonchev–Trinajstić information content (AvgIpc) is 2.58. The number of carbonyl (C=O) groups excluding carboxylic acids is 2. The van der Waals surface area contributed by atoms with Crippen LogP contribution in [0.4, 0.5) is 0 Å². The molecular weight excluding hydrogens is 280 g/mol. The van der Waals surface area contributed by atoms with Crippen molar-refractivity contribution in [3.8, 4) is 5.75 Å². The summed E-state index contributed by atoms with van der Waals surface area (Å²) in [4.78, 5) is 25.3. The number of carbonyl (C=O) groups is 2. The standard InChI is InChI=1S/C18H14O4/c1-21-12-9-7-11(8-10-12)15-16(19)13-5-3-4-6-14(13)17(20)18(15)22-2/h3-10H,1-2H3. The Hall–Kier alpha value is -2.88. The third-order valence-corrected chi connectivity index (χ3v) is 3.66. The van der Waals surface area contributed by atoms with E-state index in [1.165, 1.54) is 7.11 Å². The highest BCUT2D eigenvalue weighted by Gasteiger charge is 2.33. The highest BCUT2D eigenvalue weighted by atomic mass is 16.5. The van der Waals surface area contributed by atoms with Gasteiger partial charge in [-0.3, -0.25) is 9.59 Å². The summed E-state index contributed by atoms with van der Waals surface area (Å²) in [6, 6.07) is 13.7. The van der Waals surface area contributed by atoms with Gasteiger partial charge in [0, 0.05) is 11.1 Å². The Balaban J connectivity index is 2.19. The fourth-order valence-electron chi connectivity index (χ4n) is 2.57. The van der Waals surface area contributed by atoms with E-state index in [4.69, 9.17) is 9.47 Å². The number of hydrogen-bond donors (Lipinski definition) is 0. The van der Waals surface area contributed by atoms with Crippen molar-refractivity contribution in [2.45, 2.75) is 0 Å². The zero-order chi connectivity index (χ0) is 15.7. The van der Waals surface area contributed by atoms with Crippen LogP contribution in [0, 0.1) is 0 Å². The van der Waals surface area contributed by atoms with Gasteiger partial charge in [0.25, 0.3) is 0 Å². The zero-order valence-corrected chi connectivity index (χ0v) is 12.3. The van der Waals surface area contributed by atoms with Crippen molar-refractivity contribution in [2.75, 3.05) is 14.2 Å². The van der Waals surface area contributed by atoms with Gasteiger partial charge in [-0.15, -0.1) is 0 Å². The molecule has 2 aromatic carbocycles. The predicted octanol–water partition coefficient (Wildman–Crippen LogP) is 3.13. The van der Waals surface area contributed by atoms with Crippen LogP contribution in [-0.4, -0.2) is 25.8 Å². The van der Waals surface area contributed by atoms with Crippen molar-refractivity contribution < 1.29 is 19.1 Å². The van der Waals surface area contributed by atoms with E-state index in [0.29, 0.717) is 22.4 Å². The second-order valence-corrected chi connectivity index (χ2v) is 4.84. The van der Waals surface area contributed by atoms with E-state index >= 15 is 0 Å². The molecule has 3 rings (SSSR count). The number of ether oxygens (including phenoxy) is 2. The van der Waals surface area contributed by atoms with Gasteiger partial charge in [-0.1, -0.05) is 36.4 Å². The van der Waals surface area contributed by atoms with Gasteiger partial charge in [-0.05, 0) is 17.7 Å². The molecule has 0 saturated carbocycles. The summed E-state index contributed by atoms with van der Waals surface area (Å²) in [6.07, 6.45) is 0. The minimum absolute atomic E-state index is 0.0777. The minimum atomic E-state index is -0.275. The van der Waals surface area contributed by atoms with Crippen molar-refractivity contribution in [3.63, 3.8) is 0 Å². The summed E-state index contributed by atoms with van der Waals surface area (Å²) in [7, 11) is 2.97. The lowest BCUT2D eigenvalue weighted by molar-refractivity contribution is 0.0925. The molecule has 0 atom stereocenters. The van der Waals surface area contributed by atoms with Gasteiger partial charge < -0.3 is 9.47 Å². The van der Waals surface area contributed by atoms with Crippen LogP contribution < -0.4 is 4.74 Å². The highest BCUT2D eigenvalue weighted by molar-refractivity contribution is 6.40. The SMILES string of the molecule is COC1=C(c2ccc(OC)cc2)C(=O)c2ccccc2C1=O. The third kappa shape index (κ3) is 2.09. The van der Waals surface area contributed by atoms with Gasteiger partial charge >= 0.3 is 0 Å². The van der Waals surface area contributed by atoms with Crippen LogP contribution in [0.1, 0.15) is 26.3 Å². The maximum Gasteiger partial charge on any atom is 0.229 e. The molecule has 4 heteroatoms.